The normalized spacial score (nSPS) is 29.9. The predicted molar refractivity (Wildman–Crippen MR) is 52.8 cm³/mol. The summed E-state index contributed by atoms with van der Waals surface area (Å²) in [6.45, 7) is 7.96. The zero-order chi connectivity index (χ0) is 10.3. The fraction of sp³-hybridized carbons (Fsp3) is 1.00. The zero-order valence-electron chi connectivity index (χ0n) is 8.79. The van der Waals surface area contributed by atoms with Crippen LogP contribution in [0.5, 0.6) is 0 Å². The minimum atomic E-state index is -2.11. The molecule has 0 bridgehead atoms. The summed E-state index contributed by atoms with van der Waals surface area (Å²) in [7, 11) is 0. The van der Waals surface area contributed by atoms with Crippen LogP contribution in [-0.4, -0.2) is 24.1 Å². The second-order valence-electron chi connectivity index (χ2n) is 4.99. The first-order valence-corrected chi connectivity index (χ1v) is 5.70. The Hall–Kier alpha value is 0.0700. The van der Waals surface area contributed by atoms with E-state index in [0.717, 1.165) is 19.3 Å². The van der Waals surface area contributed by atoms with Gasteiger partial charge in [0.1, 0.15) is 0 Å². The summed E-state index contributed by atoms with van der Waals surface area (Å²) >= 11 is -2.11. The van der Waals surface area contributed by atoms with E-state index in [1.165, 1.54) is 0 Å². The monoisotopic (exact) mass is 204 g/mol. The highest BCUT2D eigenvalue weighted by Gasteiger charge is 2.41. The summed E-state index contributed by atoms with van der Waals surface area (Å²) in [5.74, 6) is 0. The molecule has 1 rings (SSSR count). The molecule has 0 N–H and O–H groups in total. The summed E-state index contributed by atoms with van der Waals surface area (Å²) in [6.07, 6.45) is 3.00. The van der Waals surface area contributed by atoms with Gasteiger partial charge in [0.15, 0.2) is 0 Å². The SMILES string of the molecule is CC1(C)CCCC(C)(C)N1S(=O)[O-]. The lowest BCUT2D eigenvalue weighted by molar-refractivity contribution is 0.0535. The van der Waals surface area contributed by atoms with E-state index < -0.39 is 11.3 Å². The Labute approximate surface area is 82.9 Å². The van der Waals surface area contributed by atoms with E-state index in [9.17, 15) is 8.76 Å². The van der Waals surface area contributed by atoms with Crippen LogP contribution in [-0.2, 0) is 11.3 Å². The summed E-state index contributed by atoms with van der Waals surface area (Å²) in [6, 6.07) is 0. The van der Waals surface area contributed by atoms with Crippen molar-refractivity contribution in [1.82, 2.24) is 4.31 Å². The van der Waals surface area contributed by atoms with Crippen LogP contribution in [0.15, 0.2) is 0 Å². The minimum absolute atomic E-state index is 0.228. The predicted octanol–water partition coefficient (Wildman–Crippen LogP) is 1.82. The van der Waals surface area contributed by atoms with Crippen LogP contribution < -0.4 is 0 Å². The summed E-state index contributed by atoms with van der Waals surface area (Å²) in [5, 5.41) is 0. The van der Waals surface area contributed by atoms with Gasteiger partial charge in [-0.15, -0.1) is 0 Å². The van der Waals surface area contributed by atoms with E-state index in [-0.39, 0.29) is 11.1 Å². The third-order valence-corrected chi connectivity index (χ3v) is 4.11. The quantitative estimate of drug-likeness (QED) is 0.611. The Morgan fingerprint density at radius 1 is 1.15 bits per heavy atom. The number of rotatable bonds is 1. The maximum atomic E-state index is 11.1. The molecule has 3 nitrogen and oxygen atoms in total. The number of nitrogens with zero attached hydrogens (tertiary/aromatic N) is 1. The first kappa shape index (κ1) is 11.1. The van der Waals surface area contributed by atoms with Gasteiger partial charge in [0.25, 0.3) is 0 Å². The maximum absolute atomic E-state index is 11.1. The van der Waals surface area contributed by atoms with Crippen molar-refractivity contribution in [1.29, 1.82) is 0 Å². The van der Waals surface area contributed by atoms with Crippen molar-refractivity contribution >= 4 is 11.3 Å². The van der Waals surface area contributed by atoms with Gasteiger partial charge in [0.05, 0.1) is 0 Å². The molecule has 0 radical (unpaired) electrons. The largest absolute Gasteiger partial charge is 0.760 e. The van der Waals surface area contributed by atoms with Gasteiger partial charge in [0, 0.05) is 22.3 Å². The van der Waals surface area contributed by atoms with Gasteiger partial charge < -0.3 is 4.55 Å². The van der Waals surface area contributed by atoms with Crippen molar-refractivity contribution in [2.24, 2.45) is 0 Å². The molecule has 1 atom stereocenters. The molecule has 0 aromatic carbocycles. The molecule has 13 heavy (non-hydrogen) atoms. The van der Waals surface area contributed by atoms with Gasteiger partial charge >= 0.3 is 0 Å². The molecule has 4 heteroatoms. The fourth-order valence-corrected chi connectivity index (χ4v) is 3.37. The molecule has 0 aromatic heterocycles. The van der Waals surface area contributed by atoms with Crippen LogP contribution in [0.4, 0.5) is 0 Å². The molecule has 1 fully saturated rings. The molecule has 0 saturated carbocycles. The highest BCUT2D eigenvalue weighted by Crippen LogP contribution is 2.38. The topological polar surface area (TPSA) is 43.4 Å². The standard InChI is InChI=1S/C9H19NO2S/c1-8(2)6-5-7-9(3,4)10(8)13(11)12/h5-7H2,1-4H3,(H,11,12)/p-1. The summed E-state index contributed by atoms with van der Waals surface area (Å²) in [4.78, 5) is 0. The van der Waals surface area contributed by atoms with Crippen molar-refractivity contribution in [3.05, 3.63) is 0 Å². The molecule has 1 aliphatic rings. The molecule has 0 amide bonds. The molecule has 1 saturated heterocycles. The van der Waals surface area contributed by atoms with Crippen LogP contribution in [0.2, 0.25) is 0 Å². The molecule has 0 spiro atoms. The molecule has 1 heterocycles. The molecular formula is C9H18NO2S-. The summed E-state index contributed by atoms with van der Waals surface area (Å²) < 4.78 is 23.8. The second-order valence-corrected chi connectivity index (χ2v) is 5.79. The van der Waals surface area contributed by atoms with E-state index in [0.29, 0.717) is 0 Å². The molecule has 0 aromatic rings. The van der Waals surface area contributed by atoms with Gasteiger partial charge in [-0.25, -0.2) is 4.31 Å². The Bertz CT molecular complexity index is 210. The van der Waals surface area contributed by atoms with Crippen molar-refractivity contribution < 1.29 is 8.76 Å². The van der Waals surface area contributed by atoms with E-state index in [1.807, 2.05) is 27.7 Å². The number of piperidine rings is 1. The molecule has 0 aliphatic carbocycles. The van der Waals surface area contributed by atoms with Gasteiger partial charge in [-0.05, 0) is 47.0 Å². The third kappa shape index (κ3) is 2.11. The average Bonchev–Trinajstić information content (AvgIpc) is 1.79. The Morgan fingerprint density at radius 2 is 1.54 bits per heavy atom. The third-order valence-electron chi connectivity index (χ3n) is 2.83. The van der Waals surface area contributed by atoms with Crippen LogP contribution in [0.1, 0.15) is 47.0 Å². The number of hydrogen-bond donors (Lipinski definition) is 0. The van der Waals surface area contributed by atoms with Crippen molar-refractivity contribution in [3.63, 3.8) is 0 Å². The first-order chi connectivity index (χ1) is 5.77. The number of hydrogen-bond acceptors (Lipinski definition) is 2. The van der Waals surface area contributed by atoms with Gasteiger partial charge in [0.2, 0.25) is 0 Å². The Kier molecular flexibility index (Phi) is 2.86. The van der Waals surface area contributed by atoms with Crippen LogP contribution in [0.3, 0.4) is 0 Å². The average molecular weight is 204 g/mol. The Morgan fingerprint density at radius 3 is 1.77 bits per heavy atom. The minimum Gasteiger partial charge on any atom is -0.760 e. The molecule has 1 unspecified atom stereocenters. The molecule has 78 valence electrons. The van der Waals surface area contributed by atoms with Crippen LogP contribution in [0.25, 0.3) is 0 Å². The van der Waals surface area contributed by atoms with Crippen molar-refractivity contribution in [2.75, 3.05) is 0 Å². The van der Waals surface area contributed by atoms with E-state index in [2.05, 4.69) is 0 Å². The van der Waals surface area contributed by atoms with Crippen molar-refractivity contribution in [2.45, 2.75) is 58.0 Å². The zero-order valence-corrected chi connectivity index (χ0v) is 9.61. The molecule has 1 aliphatic heterocycles. The summed E-state index contributed by atoms with van der Waals surface area (Å²) in [5.41, 5.74) is -0.456. The highest BCUT2D eigenvalue weighted by molar-refractivity contribution is 7.76. The second kappa shape index (κ2) is 3.33. The van der Waals surface area contributed by atoms with E-state index in [4.69, 9.17) is 0 Å². The molecular weight excluding hydrogens is 186 g/mol. The highest BCUT2D eigenvalue weighted by atomic mass is 32.2. The van der Waals surface area contributed by atoms with Crippen LogP contribution >= 0.6 is 0 Å². The Balaban J connectivity index is 2.98. The van der Waals surface area contributed by atoms with Crippen molar-refractivity contribution in [3.8, 4) is 0 Å². The van der Waals surface area contributed by atoms with Crippen LogP contribution in [0, 0.1) is 0 Å². The van der Waals surface area contributed by atoms with Gasteiger partial charge in [-0.3, -0.25) is 4.21 Å². The fourth-order valence-electron chi connectivity index (χ4n) is 2.38. The first-order valence-electron chi connectivity index (χ1n) is 4.67. The lowest BCUT2D eigenvalue weighted by Gasteiger charge is -2.52. The lowest BCUT2D eigenvalue weighted by Crippen LogP contribution is -2.58. The van der Waals surface area contributed by atoms with E-state index >= 15 is 0 Å². The lowest BCUT2D eigenvalue weighted by atomic mass is 9.83. The smallest absolute Gasteiger partial charge is 0.0275 e. The maximum Gasteiger partial charge on any atom is 0.0275 e. The van der Waals surface area contributed by atoms with Gasteiger partial charge in [-0.1, -0.05) is 0 Å². The van der Waals surface area contributed by atoms with E-state index in [1.54, 1.807) is 4.31 Å². The van der Waals surface area contributed by atoms with Gasteiger partial charge in [-0.2, -0.15) is 0 Å².